The Morgan fingerprint density at radius 1 is 1.35 bits per heavy atom. The maximum Gasteiger partial charge on any atom is 0.251 e. The molecule has 17 heavy (non-hydrogen) atoms. The number of halogens is 1. The summed E-state index contributed by atoms with van der Waals surface area (Å²) in [5.74, 6) is 0.0961. The molecular formula is C13H12BrNO2. The van der Waals surface area contributed by atoms with Gasteiger partial charge in [0.1, 0.15) is 5.78 Å². The molecule has 0 aliphatic carbocycles. The Kier molecular flexibility index (Phi) is 3.43. The Labute approximate surface area is 107 Å². The normalized spacial score (nSPS) is 10.7. The molecular weight excluding hydrogens is 282 g/mol. The van der Waals surface area contributed by atoms with Crippen LogP contribution in [0.25, 0.3) is 10.9 Å². The van der Waals surface area contributed by atoms with Crippen molar-refractivity contribution in [3.8, 4) is 0 Å². The smallest absolute Gasteiger partial charge is 0.251 e. The van der Waals surface area contributed by atoms with E-state index in [-0.39, 0.29) is 11.3 Å². The monoisotopic (exact) mass is 293 g/mol. The van der Waals surface area contributed by atoms with Gasteiger partial charge in [-0.2, -0.15) is 0 Å². The van der Waals surface area contributed by atoms with Crippen LogP contribution in [0.2, 0.25) is 0 Å². The number of Topliss-reactive ketones (excluding diaryl/α,β-unsaturated/α-hetero) is 1. The van der Waals surface area contributed by atoms with Crippen LogP contribution in [0, 0.1) is 0 Å². The summed E-state index contributed by atoms with van der Waals surface area (Å²) in [6.45, 7) is 1.53. The second kappa shape index (κ2) is 4.84. The summed E-state index contributed by atoms with van der Waals surface area (Å²) in [6.07, 6.45) is 0.899. The topological polar surface area (TPSA) is 49.9 Å². The molecule has 0 unspecified atom stereocenters. The molecule has 0 aliphatic heterocycles. The summed E-state index contributed by atoms with van der Waals surface area (Å²) in [4.78, 5) is 25.5. The Balaban J connectivity index is 2.46. The van der Waals surface area contributed by atoms with E-state index in [2.05, 4.69) is 20.9 Å². The molecule has 2 rings (SSSR count). The highest BCUT2D eigenvalue weighted by molar-refractivity contribution is 9.10. The quantitative estimate of drug-likeness (QED) is 0.946. The molecule has 88 valence electrons. The highest BCUT2D eigenvalue weighted by Crippen LogP contribution is 2.18. The Hall–Kier alpha value is -1.42. The van der Waals surface area contributed by atoms with Crippen LogP contribution >= 0.6 is 15.9 Å². The zero-order chi connectivity index (χ0) is 12.4. The van der Waals surface area contributed by atoms with E-state index in [4.69, 9.17) is 0 Å². The summed E-state index contributed by atoms with van der Waals surface area (Å²) >= 11 is 3.39. The van der Waals surface area contributed by atoms with Gasteiger partial charge in [0.2, 0.25) is 0 Å². The summed E-state index contributed by atoms with van der Waals surface area (Å²) in [5.41, 5.74) is 1.36. The van der Waals surface area contributed by atoms with Crippen LogP contribution in [0.3, 0.4) is 0 Å². The number of aromatic amines is 1. The predicted octanol–water partition coefficient (Wildman–Crippen LogP) is 2.81. The molecule has 0 radical (unpaired) electrons. The SMILES string of the molecule is CC(=O)CCc1cc2cc(Br)ccc2[nH]c1=O. The van der Waals surface area contributed by atoms with Crippen LogP contribution in [0.15, 0.2) is 33.5 Å². The van der Waals surface area contributed by atoms with Crippen LogP contribution in [-0.4, -0.2) is 10.8 Å². The molecule has 0 amide bonds. The number of H-pyrrole nitrogens is 1. The summed E-state index contributed by atoms with van der Waals surface area (Å²) in [5, 5.41) is 0.970. The Morgan fingerprint density at radius 2 is 2.12 bits per heavy atom. The average Bonchev–Trinajstić information content (AvgIpc) is 2.26. The number of rotatable bonds is 3. The van der Waals surface area contributed by atoms with Gasteiger partial charge in [-0.05, 0) is 43.0 Å². The molecule has 1 aromatic carbocycles. The third-order valence-electron chi connectivity index (χ3n) is 2.63. The van der Waals surface area contributed by atoms with Gasteiger partial charge in [0.25, 0.3) is 5.56 Å². The first-order valence-electron chi connectivity index (χ1n) is 5.37. The van der Waals surface area contributed by atoms with Crippen LogP contribution in [0.1, 0.15) is 18.9 Å². The van der Waals surface area contributed by atoms with E-state index < -0.39 is 0 Å². The molecule has 0 saturated heterocycles. The fraction of sp³-hybridized carbons (Fsp3) is 0.231. The van der Waals surface area contributed by atoms with Crippen molar-refractivity contribution in [1.29, 1.82) is 0 Å². The first kappa shape index (κ1) is 12.0. The van der Waals surface area contributed by atoms with Crippen LogP contribution in [-0.2, 0) is 11.2 Å². The van der Waals surface area contributed by atoms with Gasteiger partial charge < -0.3 is 9.78 Å². The van der Waals surface area contributed by atoms with E-state index in [1.165, 1.54) is 6.92 Å². The summed E-state index contributed by atoms with van der Waals surface area (Å²) in [7, 11) is 0. The molecule has 1 aromatic heterocycles. The third kappa shape index (κ3) is 2.82. The van der Waals surface area contributed by atoms with Crippen molar-refractivity contribution in [1.82, 2.24) is 4.98 Å². The van der Waals surface area contributed by atoms with Gasteiger partial charge in [0.05, 0.1) is 0 Å². The van der Waals surface area contributed by atoms with E-state index >= 15 is 0 Å². The minimum Gasteiger partial charge on any atom is -0.322 e. The fourth-order valence-electron chi connectivity index (χ4n) is 1.72. The van der Waals surface area contributed by atoms with E-state index in [1.807, 2.05) is 24.3 Å². The van der Waals surface area contributed by atoms with Crippen molar-refractivity contribution in [2.45, 2.75) is 19.8 Å². The van der Waals surface area contributed by atoms with Gasteiger partial charge in [-0.3, -0.25) is 4.79 Å². The lowest BCUT2D eigenvalue weighted by atomic mass is 10.1. The third-order valence-corrected chi connectivity index (χ3v) is 3.12. The number of carbonyl (C=O) groups excluding carboxylic acids is 1. The highest BCUT2D eigenvalue weighted by Gasteiger charge is 2.04. The van der Waals surface area contributed by atoms with Crippen LogP contribution < -0.4 is 5.56 Å². The van der Waals surface area contributed by atoms with E-state index in [1.54, 1.807) is 0 Å². The molecule has 0 saturated carbocycles. The highest BCUT2D eigenvalue weighted by atomic mass is 79.9. The van der Waals surface area contributed by atoms with Gasteiger partial charge in [0, 0.05) is 22.0 Å². The molecule has 0 aliphatic rings. The van der Waals surface area contributed by atoms with Crippen LogP contribution in [0.4, 0.5) is 0 Å². The number of pyridine rings is 1. The fourth-order valence-corrected chi connectivity index (χ4v) is 2.10. The lowest BCUT2D eigenvalue weighted by Crippen LogP contribution is -2.13. The minimum atomic E-state index is -0.110. The number of carbonyl (C=O) groups is 1. The number of hydrogen-bond donors (Lipinski definition) is 1. The molecule has 2 aromatic rings. The second-order valence-electron chi connectivity index (χ2n) is 4.06. The number of nitrogens with one attached hydrogen (secondary N) is 1. The van der Waals surface area contributed by atoms with Crippen molar-refractivity contribution >= 4 is 32.6 Å². The molecule has 1 heterocycles. The van der Waals surface area contributed by atoms with E-state index in [0.717, 1.165) is 15.4 Å². The first-order valence-corrected chi connectivity index (χ1v) is 6.16. The zero-order valence-corrected chi connectivity index (χ0v) is 11.0. The van der Waals surface area contributed by atoms with E-state index in [9.17, 15) is 9.59 Å². The molecule has 0 spiro atoms. The van der Waals surface area contributed by atoms with Gasteiger partial charge in [-0.15, -0.1) is 0 Å². The zero-order valence-electron chi connectivity index (χ0n) is 9.42. The van der Waals surface area contributed by atoms with Crippen molar-refractivity contribution < 1.29 is 4.79 Å². The van der Waals surface area contributed by atoms with Crippen LogP contribution in [0.5, 0.6) is 0 Å². The lowest BCUT2D eigenvalue weighted by molar-refractivity contribution is -0.116. The number of benzene rings is 1. The standard InChI is InChI=1S/C13H12BrNO2/c1-8(16)2-3-9-6-10-7-11(14)4-5-12(10)15-13(9)17/h4-7H,2-3H2,1H3,(H,15,17). The summed E-state index contributed by atoms with van der Waals surface area (Å²) < 4.78 is 0.967. The van der Waals surface area contributed by atoms with Crippen molar-refractivity contribution in [2.24, 2.45) is 0 Å². The molecule has 0 atom stereocenters. The number of fused-ring (bicyclic) bond motifs is 1. The Morgan fingerprint density at radius 3 is 2.82 bits per heavy atom. The molecule has 3 nitrogen and oxygen atoms in total. The van der Waals surface area contributed by atoms with Gasteiger partial charge >= 0.3 is 0 Å². The largest absolute Gasteiger partial charge is 0.322 e. The molecule has 4 heteroatoms. The molecule has 0 fully saturated rings. The van der Waals surface area contributed by atoms with Crippen molar-refractivity contribution in [2.75, 3.05) is 0 Å². The maximum atomic E-state index is 11.8. The lowest BCUT2D eigenvalue weighted by Gasteiger charge is -2.02. The maximum absolute atomic E-state index is 11.8. The van der Waals surface area contributed by atoms with E-state index in [0.29, 0.717) is 18.4 Å². The summed E-state index contributed by atoms with van der Waals surface area (Å²) in [6, 6.07) is 7.54. The number of aryl methyl sites for hydroxylation is 1. The minimum absolute atomic E-state index is 0.0961. The first-order chi connectivity index (χ1) is 8.06. The Bertz CT molecular complexity index is 631. The molecule has 1 N–H and O–H groups in total. The van der Waals surface area contributed by atoms with Crippen molar-refractivity contribution in [3.05, 3.63) is 44.7 Å². The average molecular weight is 294 g/mol. The van der Waals surface area contributed by atoms with Gasteiger partial charge in [-0.25, -0.2) is 0 Å². The van der Waals surface area contributed by atoms with Crippen molar-refractivity contribution in [3.63, 3.8) is 0 Å². The number of ketones is 1. The van der Waals surface area contributed by atoms with Gasteiger partial charge in [0.15, 0.2) is 0 Å². The molecule has 0 bridgehead atoms. The number of aromatic nitrogens is 1. The van der Waals surface area contributed by atoms with Gasteiger partial charge in [-0.1, -0.05) is 15.9 Å². The second-order valence-corrected chi connectivity index (χ2v) is 4.97. The predicted molar refractivity (Wildman–Crippen MR) is 71.3 cm³/mol. The number of hydrogen-bond acceptors (Lipinski definition) is 2.